The average molecular weight is 279 g/mol. The predicted octanol–water partition coefficient (Wildman–Crippen LogP) is 2.00. The lowest BCUT2D eigenvalue weighted by Gasteiger charge is -2.08. The molecule has 1 heterocycles. The first-order valence-electron chi connectivity index (χ1n) is 6.08. The molecular formula is C13H15F2N5. The highest BCUT2D eigenvalue weighted by molar-refractivity contribution is 5.41. The van der Waals surface area contributed by atoms with Crippen LogP contribution in [0.2, 0.25) is 0 Å². The van der Waals surface area contributed by atoms with Gasteiger partial charge in [-0.05, 0) is 31.0 Å². The molecule has 0 saturated heterocycles. The number of aromatic nitrogens is 2. The number of halogens is 2. The van der Waals surface area contributed by atoms with Crippen molar-refractivity contribution in [2.45, 2.75) is 13.3 Å². The van der Waals surface area contributed by atoms with E-state index >= 15 is 0 Å². The number of nitrogens with one attached hydrogen (secondary N) is 2. The van der Waals surface area contributed by atoms with E-state index in [1.165, 1.54) is 12.1 Å². The highest BCUT2D eigenvalue weighted by Crippen LogP contribution is 2.11. The van der Waals surface area contributed by atoms with Crippen molar-refractivity contribution in [3.63, 3.8) is 0 Å². The molecule has 4 N–H and O–H groups in total. The van der Waals surface area contributed by atoms with Crippen LogP contribution < -0.4 is 16.6 Å². The van der Waals surface area contributed by atoms with Gasteiger partial charge in [0.25, 0.3) is 0 Å². The van der Waals surface area contributed by atoms with Crippen LogP contribution in [0.15, 0.2) is 24.3 Å². The molecule has 0 radical (unpaired) electrons. The number of nitrogen functional groups attached to an aromatic ring is 1. The Labute approximate surface area is 115 Å². The molecular weight excluding hydrogens is 264 g/mol. The lowest BCUT2D eigenvalue weighted by Crippen LogP contribution is -2.13. The summed E-state index contributed by atoms with van der Waals surface area (Å²) in [5.74, 6) is 5.01. The minimum Gasteiger partial charge on any atom is -0.370 e. The minimum absolute atomic E-state index is 0.310. The highest BCUT2D eigenvalue weighted by atomic mass is 19.1. The second kappa shape index (κ2) is 6.25. The Balaban J connectivity index is 1.97. The number of aryl methyl sites for hydroxylation is 1. The number of nitrogens with two attached hydrogens (primary N) is 1. The van der Waals surface area contributed by atoms with Gasteiger partial charge >= 0.3 is 0 Å². The highest BCUT2D eigenvalue weighted by Gasteiger charge is 2.03. The van der Waals surface area contributed by atoms with Crippen LogP contribution in [0.3, 0.4) is 0 Å². The molecule has 2 rings (SSSR count). The van der Waals surface area contributed by atoms with Crippen LogP contribution in [0, 0.1) is 18.6 Å². The van der Waals surface area contributed by atoms with Crippen molar-refractivity contribution in [2.24, 2.45) is 5.84 Å². The number of hydrogen-bond acceptors (Lipinski definition) is 5. The molecule has 0 fully saturated rings. The summed E-state index contributed by atoms with van der Waals surface area (Å²) >= 11 is 0. The van der Waals surface area contributed by atoms with E-state index in [1.807, 2.05) is 6.92 Å². The fourth-order valence-corrected chi connectivity index (χ4v) is 1.81. The summed E-state index contributed by atoms with van der Waals surface area (Å²) in [6.45, 7) is 2.30. The van der Waals surface area contributed by atoms with Gasteiger partial charge in [-0.25, -0.2) is 19.6 Å². The number of hydrogen-bond donors (Lipinski definition) is 3. The van der Waals surface area contributed by atoms with E-state index in [9.17, 15) is 8.78 Å². The van der Waals surface area contributed by atoms with E-state index < -0.39 is 11.6 Å². The van der Waals surface area contributed by atoms with Crippen LogP contribution in [-0.2, 0) is 6.42 Å². The molecule has 2 aromatic rings. The Morgan fingerprint density at radius 2 is 1.80 bits per heavy atom. The smallest absolute Gasteiger partial charge is 0.239 e. The monoisotopic (exact) mass is 279 g/mol. The molecule has 106 valence electrons. The van der Waals surface area contributed by atoms with Crippen molar-refractivity contribution in [3.8, 4) is 0 Å². The van der Waals surface area contributed by atoms with Crippen molar-refractivity contribution in [3.05, 3.63) is 47.2 Å². The quantitative estimate of drug-likeness (QED) is 0.576. The first-order valence-corrected chi connectivity index (χ1v) is 6.08. The summed E-state index contributed by atoms with van der Waals surface area (Å²) in [5.41, 5.74) is 3.71. The maximum Gasteiger partial charge on any atom is 0.239 e. The van der Waals surface area contributed by atoms with Gasteiger partial charge < -0.3 is 5.32 Å². The van der Waals surface area contributed by atoms with E-state index in [0.29, 0.717) is 30.3 Å². The van der Waals surface area contributed by atoms with Crippen LogP contribution in [0.4, 0.5) is 20.5 Å². The Bertz CT molecular complexity index is 583. The zero-order valence-electron chi connectivity index (χ0n) is 11.0. The zero-order chi connectivity index (χ0) is 14.5. The van der Waals surface area contributed by atoms with Crippen molar-refractivity contribution < 1.29 is 8.78 Å². The van der Waals surface area contributed by atoms with Crippen molar-refractivity contribution in [1.82, 2.24) is 9.97 Å². The number of hydrazine groups is 1. The van der Waals surface area contributed by atoms with Crippen molar-refractivity contribution in [2.75, 3.05) is 17.3 Å². The molecule has 0 spiro atoms. The summed E-state index contributed by atoms with van der Waals surface area (Å²) < 4.78 is 26.1. The Morgan fingerprint density at radius 3 is 2.45 bits per heavy atom. The van der Waals surface area contributed by atoms with E-state index in [0.717, 1.165) is 11.8 Å². The lowest BCUT2D eigenvalue weighted by molar-refractivity contribution is 0.580. The van der Waals surface area contributed by atoms with Crippen molar-refractivity contribution >= 4 is 11.8 Å². The normalized spacial score (nSPS) is 10.4. The predicted molar refractivity (Wildman–Crippen MR) is 73.1 cm³/mol. The van der Waals surface area contributed by atoms with E-state index in [4.69, 9.17) is 5.84 Å². The third kappa shape index (κ3) is 3.86. The molecule has 0 saturated carbocycles. The Morgan fingerprint density at radius 1 is 1.10 bits per heavy atom. The topological polar surface area (TPSA) is 75.9 Å². The zero-order valence-corrected chi connectivity index (χ0v) is 11.0. The molecule has 5 nitrogen and oxygen atoms in total. The van der Waals surface area contributed by atoms with Crippen LogP contribution in [0.5, 0.6) is 0 Å². The second-order valence-electron chi connectivity index (χ2n) is 4.32. The molecule has 1 aromatic carbocycles. The molecule has 0 aliphatic carbocycles. The average Bonchev–Trinajstić information content (AvgIpc) is 2.37. The first-order chi connectivity index (χ1) is 9.56. The lowest BCUT2D eigenvalue weighted by atomic mass is 10.1. The van der Waals surface area contributed by atoms with Gasteiger partial charge in [0.1, 0.15) is 17.5 Å². The minimum atomic E-state index is -0.576. The first kappa shape index (κ1) is 14.1. The van der Waals surface area contributed by atoms with Gasteiger partial charge in [0.15, 0.2) is 0 Å². The van der Waals surface area contributed by atoms with Gasteiger partial charge in [0.2, 0.25) is 5.95 Å². The molecule has 0 aliphatic rings. The van der Waals surface area contributed by atoms with Gasteiger partial charge in [-0.2, -0.15) is 4.98 Å². The fraction of sp³-hybridized carbons (Fsp3) is 0.231. The standard InChI is InChI=1S/C13H15F2N5/c1-8-4-12(19-13(18-8)20-16)17-3-2-9-5-10(14)7-11(15)6-9/h4-7H,2-3,16H2,1H3,(H2,17,18,19,20). The molecule has 7 heteroatoms. The number of rotatable bonds is 5. The largest absolute Gasteiger partial charge is 0.370 e. The molecule has 1 aromatic heterocycles. The molecule has 0 atom stereocenters. The fourth-order valence-electron chi connectivity index (χ4n) is 1.81. The Hall–Kier alpha value is -2.28. The summed E-state index contributed by atoms with van der Waals surface area (Å²) in [7, 11) is 0. The molecule has 0 amide bonds. The summed E-state index contributed by atoms with van der Waals surface area (Å²) in [6, 6.07) is 5.22. The van der Waals surface area contributed by atoms with Gasteiger partial charge in [0.05, 0.1) is 0 Å². The number of nitrogens with zero attached hydrogens (tertiary/aromatic N) is 2. The van der Waals surface area contributed by atoms with Crippen molar-refractivity contribution in [1.29, 1.82) is 0 Å². The maximum absolute atomic E-state index is 13.0. The van der Waals surface area contributed by atoms with Gasteiger partial charge in [-0.1, -0.05) is 0 Å². The van der Waals surface area contributed by atoms with Gasteiger partial charge in [-0.15, -0.1) is 0 Å². The molecule has 0 aliphatic heterocycles. The maximum atomic E-state index is 13.0. The van der Waals surface area contributed by atoms with Crippen LogP contribution in [0.1, 0.15) is 11.3 Å². The van der Waals surface area contributed by atoms with E-state index in [2.05, 4.69) is 20.7 Å². The third-order valence-corrected chi connectivity index (χ3v) is 2.63. The third-order valence-electron chi connectivity index (χ3n) is 2.63. The van der Waals surface area contributed by atoms with Gasteiger partial charge in [0, 0.05) is 24.4 Å². The van der Waals surface area contributed by atoms with E-state index in [-0.39, 0.29) is 0 Å². The van der Waals surface area contributed by atoms with Crippen LogP contribution >= 0.6 is 0 Å². The molecule has 0 bridgehead atoms. The summed E-state index contributed by atoms with van der Waals surface area (Å²) in [4.78, 5) is 8.17. The van der Waals surface area contributed by atoms with Crippen LogP contribution in [0.25, 0.3) is 0 Å². The Kier molecular flexibility index (Phi) is 4.41. The molecule has 0 unspecified atom stereocenters. The number of benzene rings is 1. The van der Waals surface area contributed by atoms with E-state index in [1.54, 1.807) is 6.07 Å². The van der Waals surface area contributed by atoms with Crippen LogP contribution in [-0.4, -0.2) is 16.5 Å². The SMILES string of the molecule is Cc1cc(NCCc2cc(F)cc(F)c2)nc(NN)n1. The molecule has 20 heavy (non-hydrogen) atoms. The number of anilines is 2. The second-order valence-corrected chi connectivity index (χ2v) is 4.32. The summed E-state index contributed by atoms with van der Waals surface area (Å²) in [6.07, 6.45) is 0.475. The summed E-state index contributed by atoms with van der Waals surface area (Å²) in [5, 5.41) is 3.06. The van der Waals surface area contributed by atoms with Gasteiger partial charge in [-0.3, -0.25) is 5.43 Å².